The van der Waals surface area contributed by atoms with Crippen LogP contribution in [0.2, 0.25) is 0 Å². The molecule has 0 bridgehead atoms. The van der Waals surface area contributed by atoms with E-state index in [0.29, 0.717) is 25.3 Å². The van der Waals surface area contributed by atoms with E-state index in [1.165, 1.54) is 5.56 Å². The fourth-order valence-electron chi connectivity index (χ4n) is 4.02. The minimum Gasteiger partial charge on any atom is -0.493 e. The number of hydrogen-bond donors (Lipinski definition) is 0. The van der Waals surface area contributed by atoms with Crippen molar-refractivity contribution in [1.29, 1.82) is 0 Å². The van der Waals surface area contributed by atoms with Crippen molar-refractivity contribution in [1.82, 2.24) is 9.47 Å². The Balaban J connectivity index is 1.54. The monoisotopic (exact) mass is 390 g/mol. The predicted molar refractivity (Wildman–Crippen MR) is 112 cm³/mol. The molecule has 0 aliphatic carbocycles. The number of carbonyl (C=O) groups is 1. The molecule has 0 saturated heterocycles. The van der Waals surface area contributed by atoms with E-state index in [1.807, 2.05) is 59.8 Å². The standard InChI is InChI=1S/C24H26N2O3/c1-28-22-14-19-10-13-26(17-20(19)15-23(22)29-2)24(27)16-21(25-11-6-7-12-25)18-8-4-3-5-9-18/h3-9,11-12,14-15,21H,10,13,16-17H2,1-2H3/t21-/m0/s1. The van der Waals surface area contributed by atoms with Crippen LogP contribution in [0.4, 0.5) is 0 Å². The van der Waals surface area contributed by atoms with Gasteiger partial charge in [-0.05, 0) is 47.4 Å². The first-order valence-corrected chi connectivity index (χ1v) is 9.88. The van der Waals surface area contributed by atoms with Crippen molar-refractivity contribution in [3.63, 3.8) is 0 Å². The molecule has 5 nitrogen and oxygen atoms in total. The van der Waals surface area contributed by atoms with Crippen LogP contribution in [0.25, 0.3) is 0 Å². The number of amides is 1. The molecule has 29 heavy (non-hydrogen) atoms. The van der Waals surface area contributed by atoms with E-state index in [2.05, 4.69) is 16.7 Å². The van der Waals surface area contributed by atoms with Crippen LogP contribution in [0.3, 0.4) is 0 Å². The zero-order chi connectivity index (χ0) is 20.2. The van der Waals surface area contributed by atoms with Gasteiger partial charge < -0.3 is 18.9 Å². The molecule has 1 atom stereocenters. The van der Waals surface area contributed by atoms with Crippen LogP contribution in [0.5, 0.6) is 11.5 Å². The second-order valence-electron chi connectivity index (χ2n) is 7.30. The summed E-state index contributed by atoms with van der Waals surface area (Å²) in [6, 6.07) is 18.2. The highest BCUT2D eigenvalue weighted by Gasteiger charge is 2.26. The van der Waals surface area contributed by atoms with Gasteiger partial charge in [0.15, 0.2) is 11.5 Å². The van der Waals surface area contributed by atoms with Crippen molar-refractivity contribution in [2.75, 3.05) is 20.8 Å². The molecule has 1 amide bonds. The summed E-state index contributed by atoms with van der Waals surface area (Å²) in [5.74, 6) is 1.60. The Bertz CT molecular complexity index is 967. The van der Waals surface area contributed by atoms with E-state index in [9.17, 15) is 4.79 Å². The summed E-state index contributed by atoms with van der Waals surface area (Å²) in [6.45, 7) is 1.32. The van der Waals surface area contributed by atoms with E-state index < -0.39 is 0 Å². The average Bonchev–Trinajstić information content (AvgIpc) is 3.31. The highest BCUT2D eigenvalue weighted by atomic mass is 16.5. The summed E-state index contributed by atoms with van der Waals surface area (Å²) in [4.78, 5) is 15.2. The number of rotatable bonds is 6. The maximum Gasteiger partial charge on any atom is 0.225 e. The van der Waals surface area contributed by atoms with Gasteiger partial charge in [-0.1, -0.05) is 30.3 Å². The maximum absolute atomic E-state index is 13.2. The number of benzene rings is 2. The molecule has 1 aliphatic rings. The molecule has 3 aromatic rings. The number of ether oxygens (including phenoxy) is 2. The summed E-state index contributed by atoms with van der Waals surface area (Å²) in [6.07, 6.45) is 5.30. The Morgan fingerprint density at radius 2 is 1.62 bits per heavy atom. The normalized spacial score (nSPS) is 14.2. The topological polar surface area (TPSA) is 43.7 Å². The summed E-state index contributed by atoms with van der Waals surface area (Å²) in [5, 5.41) is 0. The number of nitrogens with zero attached hydrogens (tertiary/aromatic N) is 2. The van der Waals surface area contributed by atoms with Gasteiger partial charge in [0.2, 0.25) is 5.91 Å². The Morgan fingerprint density at radius 3 is 2.28 bits per heavy atom. The summed E-state index contributed by atoms with van der Waals surface area (Å²) in [5.41, 5.74) is 3.48. The molecule has 0 saturated carbocycles. The predicted octanol–water partition coefficient (Wildman–Crippen LogP) is 4.07. The second-order valence-corrected chi connectivity index (χ2v) is 7.30. The smallest absolute Gasteiger partial charge is 0.225 e. The van der Waals surface area contributed by atoms with E-state index in [1.54, 1.807) is 14.2 Å². The first-order chi connectivity index (χ1) is 14.2. The fourth-order valence-corrected chi connectivity index (χ4v) is 4.02. The summed E-state index contributed by atoms with van der Waals surface area (Å²) >= 11 is 0. The molecule has 2 aromatic carbocycles. The van der Waals surface area contributed by atoms with Gasteiger partial charge in [0, 0.05) is 25.5 Å². The molecule has 5 heteroatoms. The van der Waals surface area contributed by atoms with Crippen molar-refractivity contribution in [3.8, 4) is 11.5 Å². The minimum atomic E-state index is -0.00880. The van der Waals surface area contributed by atoms with Crippen LogP contribution < -0.4 is 9.47 Å². The van der Waals surface area contributed by atoms with E-state index in [-0.39, 0.29) is 11.9 Å². The lowest BCUT2D eigenvalue weighted by molar-refractivity contribution is -0.132. The van der Waals surface area contributed by atoms with Gasteiger partial charge in [0.1, 0.15) is 0 Å². The van der Waals surface area contributed by atoms with Crippen LogP contribution in [0.15, 0.2) is 67.0 Å². The molecule has 2 heterocycles. The Hall–Kier alpha value is -3.21. The molecule has 4 rings (SSSR count). The third-order valence-electron chi connectivity index (χ3n) is 5.61. The Morgan fingerprint density at radius 1 is 0.966 bits per heavy atom. The third-order valence-corrected chi connectivity index (χ3v) is 5.61. The number of aromatic nitrogens is 1. The quantitative estimate of drug-likeness (QED) is 0.637. The van der Waals surface area contributed by atoms with E-state index in [4.69, 9.17) is 9.47 Å². The Labute approximate surface area is 171 Å². The summed E-state index contributed by atoms with van der Waals surface area (Å²) < 4.78 is 13.0. The largest absolute Gasteiger partial charge is 0.493 e. The SMILES string of the molecule is COc1cc2c(cc1OC)CN(C(=O)C[C@@H](c1ccccc1)n1cccc1)CC2. The molecule has 0 fully saturated rings. The number of carbonyl (C=O) groups excluding carboxylic acids is 1. The van der Waals surface area contributed by atoms with E-state index >= 15 is 0 Å². The Kier molecular flexibility index (Phi) is 5.56. The molecule has 0 N–H and O–H groups in total. The zero-order valence-corrected chi connectivity index (χ0v) is 16.9. The molecule has 0 radical (unpaired) electrons. The second kappa shape index (κ2) is 8.43. The highest BCUT2D eigenvalue weighted by molar-refractivity contribution is 5.77. The van der Waals surface area contributed by atoms with Crippen molar-refractivity contribution in [2.24, 2.45) is 0 Å². The maximum atomic E-state index is 13.2. The summed E-state index contributed by atoms with van der Waals surface area (Å²) in [7, 11) is 3.28. The molecule has 0 spiro atoms. The van der Waals surface area contributed by atoms with Gasteiger partial charge in [0.05, 0.1) is 26.7 Å². The lowest BCUT2D eigenvalue weighted by atomic mass is 9.97. The van der Waals surface area contributed by atoms with Crippen LogP contribution in [0, 0.1) is 0 Å². The minimum absolute atomic E-state index is 0.00880. The van der Waals surface area contributed by atoms with Gasteiger partial charge in [-0.15, -0.1) is 0 Å². The average molecular weight is 390 g/mol. The molecule has 0 unspecified atom stereocenters. The molecular weight excluding hydrogens is 364 g/mol. The first-order valence-electron chi connectivity index (χ1n) is 9.88. The molecule has 150 valence electrons. The number of methoxy groups -OCH3 is 2. The van der Waals surface area contributed by atoms with Gasteiger partial charge in [-0.25, -0.2) is 0 Å². The third kappa shape index (κ3) is 3.99. The first kappa shape index (κ1) is 19.1. The van der Waals surface area contributed by atoms with Crippen molar-refractivity contribution >= 4 is 5.91 Å². The zero-order valence-electron chi connectivity index (χ0n) is 16.9. The molecule has 1 aromatic heterocycles. The van der Waals surface area contributed by atoms with Crippen molar-refractivity contribution in [2.45, 2.75) is 25.4 Å². The van der Waals surface area contributed by atoms with E-state index in [0.717, 1.165) is 23.3 Å². The van der Waals surface area contributed by atoms with Crippen LogP contribution in [-0.2, 0) is 17.8 Å². The lowest BCUT2D eigenvalue weighted by Crippen LogP contribution is -2.37. The molecule has 1 aliphatic heterocycles. The number of fused-ring (bicyclic) bond motifs is 1. The van der Waals surface area contributed by atoms with Gasteiger partial charge >= 0.3 is 0 Å². The van der Waals surface area contributed by atoms with Gasteiger partial charge in [-0.3, -0.25) is 4.79 Å². The number of hydrogen-bond acceptors (Lipinski definition) is 3. The van der Waals surface area contributed by atoms with Crippen LogP contribution >= 0.6 is 0 Å². The van der Waals surface area contributed by atoms with Gasteiger partial charge in [-0.2, -0.15) is 0 Å². The van der Waals surface area contributed by atoms with Crippen molar-refractivity contribution in [3.05, 3.63) is 83.7 Å². The van der Waals surface area contributed by atoms with Gasteiger partial charge in [0.25, 0.3) is 0 Å². The highest BCUT2D eigenvalue weighted by Crippen LogP contribution is 2.34. The van der Waals surface area contributed by atoms with Crippen LogP contribution in [0.1, 0.15) is 29.2 Å². The molecular formula is C24H26N2O3. The fraction of sp³-hybridized carbons (Fsp3) is 0.292. The van der Waals surface area contributed by atoms with Crippen LogP contribution in [-0.4, -0.2) is 36.1 Å². The lowest BCUT2D eigenvalue weighted by Gasteiger charge is -2.31. The van der Waals surface area contributed by atoms with Crippen molar-refractivity contribution < 1.29 is 14.3 Å².